The number of aliphatic hydroxyl groups excluding tert-OH is 1. The summed E-state index contributed by atoms with van der Waals surface area (Å²) in [5.41, 5.74) is 8.03. The van der Waals surface area contributed by atoms with Gasteiger partial charge in [0.25, 0.3) is 11.8 Å². The Bertz CT molecular complexity index is 4260. The summed E-state index contributed by atoms with van der Waals surface area (Å²) in [4.78, 5) is 69.1. The van der Waals surface area contributed by atoms with Gasteiger partial charge >= 0.3 is 11.9 Å². The van der Waals surface area contributed by atoms with Crippen LogP contribution in [0.4, 0.5) is 5.69 Å². The van der Waals surface area contributed by atoms with Gasteiger partial charge in [-0.05, 0) is 122 Å². The van der Waals surface area contributed by atoms with E-state index in [1.807, 2.05) is 0 Å². The van der Waals surface area contributed by atoms with Crippen LogP contribution in [0.3, 0.4) is 0 Å². The molecule has 18 heteroatoms. The van der Waals surface area contributed by atoms with Crippen molar-refractivity contribution in [1.29, 1.82) is 0 Å². The second kappa shape index (κ2) is 20.2. The maximum Gasteiger partial charge on any atom is 0.337 e. The van der Waals surface area contributed by atoms with Crippen LogP contribution in [0.1, 0.15) is 123 Å². The minimum absolute atomic E-state index is 0.00502. The molecule has 0 radical (unpaired) electrons. The number of benzene rings is 7. The Hall–Kier alpha value is -8.54. The van der Waals surface area contributed by atoms with E-state index in [0.717, 1.165) is 111 Å². The lowest BCUT2D eigenvalue weighted by Gasteiger charge is -2.39. The van der Waals surface area contributed by atoms with Crippen LogP contribution >= 0.6 is 23.2 Å². The number of fused-ring (bicyclic) bond motifs is 6. The van der Waals surface area contributed by atoms with Gasteiger partial charge in [-0.1, -0.05) is 41.4 Å². The number of carbonyl (C=O) groups is 4. The number of amides is 2. The first-order valence-corrected chi connectivity index (χ1v) is 27.7. The Morgan fingerprint density at radius 2 is 1.43 bits per heavy atom. The second-order valence-corrected chi connectivity index (χ2v) is 22.0. The zero-order valence-electron chi connectivity index (χ0n) is 43.4. The average molecular weight is 1130 g/mol. The first kappa shape index (κ1) is 51.9. The van der Waals surface area contributed by atoms with Gasteiger partial charge in [0.15, 0.2) is 11.7 Å². The molecule has 0 fully saturated rings. The monoisotopic (exact) mass is 1130 g/mol. The van der Waals surface area contributed by atoms with Crippen molar-refractivity contribution in [2.45, 2.75) is 70.7 Å². The van der Waals surface area contributed by atoms with Crippen LogP contribution in [-0.2, 0) is 38.8 Å². The minimum Gasteiger partial charge on any atom is -0.507 e. The number of hydrogen-bond acceptors (Lipinski definition) is 11. The van der Waals surface area contributed by atoms with Gasteiger partial charge in [-0.25, -0.2) is 14.2 Å². The quantitative estimate of drug-likeness (QED) is 0.0367. The number of hydrogen-bond donors (Lipinski definition) is 7. The Morgan fingerprint density at radius 3 is 2.20 bits per heavy atom. The molecule has 16 nitrogen and oxygen atoms in total. The van der Waals surface area contributed by atoms with E-state index in [2.05, 4.69) is 32.2 Å². The number of phenols is 1. The fourth-order valence-corrected chi connectivity index (χ4v) is 13.5. The number of halogens is 2. The summed E-state index contributed by atoms with van der Waals surface area (Å²) in [6, 6.07) is 22.7. The van der Waals surface area contributed by atoms with Gasteiger partial charge < -0.3 is 50.2 Å². The standard InChI is InChI=1S/C63H50Cl2N4O12/c64-46-27-44(53(65)52(63(78)79)51(46)50-42-23-32-5-1-19-68-21-3-7-39(54(32)68)57(42)81-58-40-8-4-22-69-20-2-6-33(55(40)69)24-43(50)58)60(73)66-28-30-9-11-31(12-10-30)59(72)67-29-45-47(71)18-17-38-49(37-16-14-35(70)26-48(37)80-56(38)45)41-25-34(61(74)75)13-15-36(41)62(76)77/h9-18,23-27,61,74-75H,1-8,19-22,28-29H2,(H4-,66,67,70,71,72,73,76,77,78,79)/p+1. The van der Waals surface area contributed by atoms with Crippen molar-refractivity contribution in [3.8, 4) is 39.7 Å². The minimum atomic E-state index is -1.93. The van der Waals surface area contributed by atoms with Crippen LogP contribution < -0.4 is 40.9 Å². The molecule has 0 spiro atoms. The lowest BCUT2D eigenvalue weighted by Crippen LogP contribution is -2.45. The molecule has 0 saturated heterocycles. The molecule has 7 N–H and O–H groups in total. The molecule has 6 aromatic carbocycles. The van der Waals surface area contributed by atoms with Crippen LogP contribution in [0.2, 0.25) is 10.0 Å². The molecule has 2 amide bonds. The molecule has 1 aliphatic carbocycles. The van der Waals surface area contributed by atoms with Crippen molar-refractivity contribution in [1.82, 2.24) is 15.2 Å². The lowest BCUT2D eigenvalue weighted by molar-refractivity contribution is -0.0425. The van der Waals surface area contributed by atoms with Crippen molar-refractivity contribution in [3.63, 3.8) is 0 Å². The van der Waals surface area contributed by atoms with Crippen LogP contribution in [0.25, 0.3) is 39.0 Å². The van der Waals surface area contributed by atoms with Gasteiger partial charge in [0.2, 0.25) is 5.36 Å². The predicted molar refractivity (Wildman–Crippen MR) is 303 cm³/mol. The van der Waals surface area contributed by atoms with E-state index in [1.165, 1.54) is 88.9 Å². The van der Waals surface area contributed by atoms with Gasteiger partial charge in [-0.15, -0.1) is 0 Å². The molecule has 0 atom stereocenters. The van der Waals surface area contributed by atoms with Gasteiger partial charge in [-0.3, -0.25) is 14.4 Å². The number of nitrogens with zero attached hydrogens (tertiary/aromatic N) is 2. The Morgan fingerprint density at radius 1 is 0.691 bits per heavy atom. The number of aryl methyl sites for hydroxylation is 2. The largest absolute Gasteiger partial charge is 0.507 e. The maximum absolute atomic E-state index is 14.2. The number of carboxylic acids is 2. The molecule has 6 aliphatic heterocycles. The molecule has 7 aliphatic rings. The van der Waals surface area contributed by atoms with Gasteiger partial charge in [0, 0.05) is 105 Å². The highest BCUT2D eigenvalue weighted by Crippen LogP contribution is 2.51. The molecule has 0 saturated carbocycles. The van der Waals surface area contributed by atoms with E-state index in [9.17, 15) is 49.5 Å². The highest BCUT2D eigenvalue weighted by Gasteiger charge is 2.38. The third-order valence-corrected chi connectivity index (χ3v) is 17.2. The summed E-state index contributed by atoms with van der Waals surface area (Å²) in [7, 11) is 0. The van der Waals surface area contributed by atoms with Crippen molar-refractivity contribution in [2.24, 2.45) is 0 Å². The normalized spacial score (nSPS) is 15.0. The summed E-state index contributed by atoms with van der Waals surface area (Å²) in [6.07, 6.45) is 5.32. The molecule has 6 aromatic rings. The van der Waals surface area contributed by atoms with Crippen molar-refractivity contribution < 1.29 is 53.9 Å². The third-order valence-electron chi connectivity index (χ3n) is 16.5. The summed E-state index contributed by atoms with van der Waals surface area (Å²) < 4.78 is 15.8. The SMILES string of the molecule is O=C(NCc1c(O)ccc2c(-c3cc(C(O)O)ccc3C(=O)O)c3ccc(=O)cc-3oc12)c1ccc(CNC(=O)c2cc(Cl)c(C3=c4cc5c6c(c4Oc4c3cc3c7c4CCCN7CCC3)CCC[N+]=6CCC5)c(C(=O)O)c2Cl)cc1. The number of nitrogens with one attached hydrogen (secondary N) is 2. The van der Waals surface area contributed by atoms with Gasteiger partial charge in [0.1, 0.15) is 41.7 Å². The van der Waals surface area contributed by atoms with E-state index >= 15 is 0 Å². The number of aromatic hydroxyl groups is 1. The highest BCUT2D eigenvalue weighted by atomic mass is 35.5. The predicted octanol–water partition coefficient (Wildman–Crippen LogP) is 8.25. The van der Waals surface area contributed by atoms with Crippen molar-refractivity contribution in [3.05, 3.63) is 194 Å². The topological polar surface area (TPSA) is 239 Å². The smallest absolute Gasteiger partial charge is 0.337 e. The van der Waals surface area contributed by atoms with E-state index < -0.39 is 35.5 Å². The van der Waals surface area contributed by atoms with Gasteiger partial charge in [0.05, 0.1) is 44.4 Å². The van der Waals surface area contributed by atoms with Crippen LogP contribution in [0, 0.1) is 0 Å². The van der Waals surface area contributed by atoms with E-state index in [0.29, 0.717) is 22.1 Å². The zero-order chi connectivity index (χ0) is 56.1. The molecule has 6 heterocycles. The number of ether oxygens (including phenoxy) is 1. The number of carbonyl (C=O) groups excluding carboxylic acids is 2. The summed E-state index contributed by atoms with van der Waals surface area (Å²) in [5.74, 6) is -2.68. The first-order valence-electron chi connectivity index (χ1n) is 26.9. The van der Waals surface area contributed by atoms with E-state index in [1.54, 1.807) is 12.1 Å². The summed E-state index contributed by atoms with van der Waals surface area (Å²) in [6.45, 7) is 3.52. The summed E-state index contributed by atoms with van der Waals surface area (Å²) >= 11 is 14.5. The van der Waals surface area contributed by atoms with Gasteiger partial charge in [-0.2, -0.15) is 0 Å². The van der Waals surface area contributed by atoms with Crippen LogP contribution in [0.15, 0.2) is 100 Å². The van der Waals surface area contributed by atoms with Crippen molar-refractivity contribution in [2.75, 3.05) is 31.1 Å². The number of phenolic OH excluding ortho intramolecular Hbond substituents is 1. The van der Waals surface area contributed by atoms with Crippen LogP contribution in [0.5, 0.6) is 17.2 Å². The molecule has 13 rings (SSSR count). The fraction of sp³-hybridized carbons (Fsp3) is 0.238. The number of carboxylic acid groups (broad SMARTS) is 2. The summed E-state index contributed by atoms with van der Waals surface area (Å²) in [5, 5.41) is 60.3. The number of aromatic carboxylic acids is 2. The van der Waals surface area contributed by atoms with E-state index in [-0.39, 0.29) is 90.3 Å². The molecule has 0 aromatic heterocycles. The molecule has 0 unspecified atom stereocenters. The average Bonchev–Trinajstić information content (AvgIpc) is 3.66. The number of aliphatic hydroxyl groups is 2. The molecular formula is C63H51Cl2N4O12+. The zero-order valence-corrected chi connectivity index (χ0v) is 44.9. The first-order chi connectivity index (χ1) is 39.1. The maximum atomic E-state index is 14.2. The second-order valence-electron chi connectivity index (χ2n) is 21.2. The third kappa shape index (κ3) is 8.75. The molecule has 408 valence electrons. The molecule has 0 bridgehead atoms. The van der Waals surface area contributed by atoms with Crippen molar-refractivity contribution >= 4 is 69.2 Å². The highest BCUT2D eigenvalue weighted by molar-refractivity contribution is 6.40. The molecular weight excluding hydrogens is 1080 g/mol. The number of anilines is 1. The Kier molecular flexibility index (Phi) is 12.9. The van der Waals surface area contributed by atoms with E-state index in [4.69, 9.17) is 32.4 Å². The molecule has 81 heavy (non-hydrogen) atoms. The lowest BCUT2D eigenvalue weighted by atomic mass is 9.81. The Balaban J connectivity index is 0.794. The Labute approximate surface area is 471 Å². The van der Waals surface area contributed by atoms with Crippen LogP contribution in [-0.4, -0.2) is 75.5 Å². The number of rotatable bonds is 11. The fourth-order valence-electron chi connectivity index (χ4n) is 12.9.